The molecule has 2 rings (SSSR count). The molecule has 0 bridgehead atoms. The van der Waals surface area contributed by atoms with Crippen molar-refractivity contribution >= 4 is 0 Å². The molecular weight excluding hydrogens is 180 g/mol. The Hall–Kier alpha value is -1.84. The fourth-order valence-corrected chi connectivity index (χ4v) is 1.04. The number of nitrogens with zero attached hydrogens (tertiary/aromatic N) is 2. The SMILES string of the molecule is Cc1ccc(OCc2nnco2)cc1. The normalized spacial score (nSPS) is 10.1. The minimum absolute atomic E-state index is 0.309. The number of rotatable bonds is 3. The van der Waals surface area contributed by atoms with Crippen LogP contribution in [0.3, 0.4) is 0 Å². The third-order valence-corrected chi connectivity index (χ3v) is 1.79. The summed E-state index contributed by atoms with van der Waals surface area (Å²) in [5.74, 6) is 1.28. The van der Waals surface area contributed by atoms with Gasteiger partial charge in [0.1, 0.15) is 5.75 Å². The molecule has 0 aliphatic rings. The van der Waals surface area contributed by atoms with Gasteiger partial charge in [-0.2, -0.15) is 0 Å². The largest absolute Gasteiger partial charge is 0.484 e. The zero-order valence-electron chi connectivity index (χ0n) is 7.80. The number of aromatic nitrogens is 2. The van der Waals surface area contributed by atoms with Crippen molar-refractivity contribution in [3.8, 4) is 5.75 Å². The van der Waals surface area contributed by atoms with Gasteiger partial charge in [0.15, 0.2) is 6.61 Å². The van der Waals surface area contributed by atoms with Gasteiger partial charge >= 0.3 is 0 Å². The van der Waals surface area contributed by atoms with Crippen LogP contribution in [0.4, 0.5) is 0 Å². The lowest BCUT2D eigenvalue weighted by molar-refractivity contribution is 0.263. The van der Waals surface area contributed by atoms with Crippen molar-refractivity contribution in [1.29, 1.82) is 0 Å². The van der Waals surface area contributed by atoms with E-state index in [2.05, 4.69) is 10.2 Å². The van der Waals surface area contributed by atoms with Crippen molar-refractivity contribution in [2.45, 2.75) is 13.5 Å². The highest BCUT2D eigenvalue weighted by Gasteiger charge is 1.99. The summed E-state index contributed by atoms with van der Waals surface area (Å²) < 4.78 is 10.3. The molecule has 2 aromatic rings. The Balaban J connectivity index is 1.95. The number of benzene rings is 1. The van der Waals surface area contributed by atoms with Gasteiger partial charge in [0.05, 0.1) is 0 Å². The van der Waals surface area contributed by atoms with Crippen LogP contribution in [0.25, 0.3) is 0 Å². The highest BCUT2D eigenvalue weighted by Crippen LogP contribution is 2.12. The van der Waals surface area contributed by atoms with Crippen molar-refractivity contribution in [3.63, 3.8) is 0 Å². The molecule has 0 spiro atoms. The molecule has 0 unspecified atom stereocenters. The molecule has 0 radical (unpaired) electrons. The first-order valence-electron chi connectivity index (χ1n) is 4.29. The monoisotopic (exact) mass is 190 g/mol. The first kappa shape index (κ1) is 8.74. The molecule has 14 heavy (non-hydrogen) atoms. The first-order valence-corrected chi connectivity index (χ1v) is 4.29. The van der Waals surface area contributed by atoms with Crippen LogP contribution < -0.4 is 4.74 Å². The summed E-state index contributed by atoms with van der Waals surface area (Å²) in [5, 5.41) is 7.26. The van der Waals surface area contributed by atoms with Crippen LogP contribution in [0.1, 0.15) is 11.5 Å². The third kappa shape index (κ3) is 2.10. The molecule has 72 valence electrons. The Morgan fingerprint density at radius 2 is 2.07 bits per heavy atom. The number of hydrogen-bond donors (Lipinski definition) is 0. The molecular formula is C10H10N2O2. The predicted octanol–water partition coefficient (Wildman–Crippen LogP) is 1.96. The van der Waals surface area contributed by atoms with Gasteiger partial charge in [0.2, 0.25) is 6.39 Å². The van der Waals surface area contributed by atoms with Crippen LogP contribution >= 0.6 is 0 Å². The summed E-state index contributed by atoms with van der Waals surface area (Å²) in [7, 11) is 0. The molecule has 0 amide bonds. The molecule has 0 N–H and O–H groups in total. The fourth-order valence-electron chi connectivity index (χ4n) is 1.04. The fraction of sp³-hybridized carbons (Fsp3) is 0.200. The van der Waals surface area contributed by atoms with Gasteiger partial charge in [-0.15, -0.1) is 10.2 Å². The van der Waals surface area contributed by atoms with E-state index in [1.165, 1.54) is 12.0 Å². The molecule has 0 aliphatic heterocycles. The molecule has 1 heterocycles. The number of hydrogen-bond acceptors (Lipinski definition) is 4. The van der Waals surface area contributed by atoms with Gasteiger partial charge in [-0.05, 0) is 19.1 Å². The number of ether oxygens (including phenoxy) is 1. The Labute approximate surface area is 81.5 Å². The minimum Gasteiger partial charge on any atom is -0.484 e. The van der Waals surface area contributed by atoms with Crippen molar-refractivity contribution < 1.29 is 9.15 Å². The van der Waals surface area contributed by atoms with Crippen molar-refractivity contribution in [2.24, 2.45) is 0 Å². The Morgan fingerprint density at radius 3 is 2.71 bits per heavy atom. The minimum atomic E-state index is 0.309. The van der Waals surface area contributed by atoms with E-state index in [4.69, 9.17) is 9.15 Å². The Kier molecular flexibility index (Phi) is 2.44. The topological polar surface area (TPSA) is 48.2 Å². The standard InChI is InChI=1S/C10H10N2O2/c1-8-2-4-9(5-3-8)13-6-10-12-11-7-14-10/h2-5,7H,6H2,1H3. The molecule has 0 fully saturated rings. The second-order valence-corrected chi connectivity index (χ2v) is 2.93. The van der Waals surface area contributed by atoms with Gasteiger partial charge in [-0.1, -0.05) is 17.7 Å². The van der Waals surface area contributed by atoms with Crippen LogP contribution in [-0.4, -0.2) is 10.2 Å². The van der Waals surface area contributed by atoms with Gasteiger partial charge < -0.3 is 9.15 Å². The van der Waals surface area contributed by atoms with Crippen molar-refractivity contribution in [1.82, 2.24) is 10.2 Å². The van der Waals surface area contributed by atoms with E-state index < -0.39 is 0 Å². The zero-order valence-corrected chi connectivity index (χ0v) is 7.80. The molecule has 4 heteroatoms. The molecule has 0 aliphatic carbocycles. The second kappa shape index (κ2) is 3.91. The van der Waals surface area contributed by atoms with Gasteiger partial charge in [0, 0.05) is 0 Å². The van der Waals surface area contributed by atoms with E-state index in [0.717, 1.165) is 5.75 Å². The maximum atomic E-state index is 5.41. The van der Waals surface area contributed by atoms with E-state index >= 15 is 0 Å². The van der Waals surface area contributed by atoms with Crippen molar-refractivity contribution in [3.05, 3.63) is 42.1 Å². The molecule has 1 aromatic heterocycles. The summed E-state index contributed by atoms with van der Waals surface area (Å²) in [4.78, 5) is 0. The van der Waals surface area contributed by atoms with Gasteiger partial charge in [0.25, 0.3) is 5.89 Å². The lowest BCUT2D eigenvalue weighted by atomic mass is 10.2. The predicted molar refractivity (Wildman–Crippen MR) is 49.8 cm³/mol. The second-order valence-electron chi connectivity index (χ2n) is 2.93. The van der Waals surface area contributed by atoms with Gasteiger partial charge in [-0.25, -0.2) is 0 Å². The molecule has 0 saturated carbocycles. The quantitative estimate of drug-likeness (QED) is 0.742. The van der Waals surface area contributed by atoms with Crippen LogP contribution in [0.15, 0.2) is 35.1 Å². The Morgan fingerprint density at radius 1 is 1.29 bits per heavy atom. The smallest absolute Gasteiger partial charge is 0.253 e. The summed E-state index contributed by atoms with van der Waals surface area (Å²) in [6, 6.07) is 7.80. The summed E-state index contributed by atoms with van der Waals surface area (Å²) in [5.41, 5.74) is 1.20. The van der Waals surface area contributed by atoms with Crippen LogP contribution in [-0.2, 0) is 6.61 Å². The maximum absolute atomic E-state index is 5.41. The van der Waals surface area contributed by atoms with Crippen LogP contribution in [0.2, 0.25) is 0 Å². The van der Waals surface area contributed by atoms with E-state index in [1.807, 2.05) is 31.2 Å². The molecule has 0 atom stereocenters. The zero-order chi connectivity index (χ0) is 9.80. The molecule has 0 saturated heterocycles. The maximum Gasteiger partial charge on any atom is 0.253 e. The Bertz CT molecular complexity index is 381. The van der Waals surface area contributed by atoms with E-state index in [-0.39, 0.29) is 0 Å². The summed E-state index contributed by atoms with van der Waals surface area (Å²) in [6.07, 6.45) is 1.29. The lowest BCUT2D eigenvalue weighted by Gasteiger charge is -2.02. The van der Waals surface area contributed by atoms with Crippen LogP contribution in [0.5, 0.6) is 5.75 Å². The summed E-state index contributed by atoms with van der Waals surface area (Å²) >= 11 is 0. The van der Waals surface area contributed by atoms with E-state index in [9.17, 15) is 0 Å². The van der Waals surface area contributed by atoms with Crippen LogP contribution in [0, 0.1) is 6.92 Å². The molecule has 4 nitrogen and oxygen atoms in total. The average Bonchev–Trinajstić information content (AvgIpc) is 2.70. The molecule has 1 aromatic carbocycles. The number of aryl methyl sites for hydroxylation is 1. The van der Waals surface area contributed by atoms with E-state index in [1.54, 1.807) is 0 Å². The van der Waals surface area contributed by atoms with Crippen molar-refractivity contribution in [2.75, 3.05) is 0 Å². The summed E-state index contributed by atoms with van der Waals surface area (Å²) in [6.45, 7) is 2.34. The first-order chi connectivity index (χ1) is 6.84. The third-order valence-electron chi connectivity index (χ3n) is 1.79. The average molecular weight is 190 g/mol. The van der Waals surface area contributed by atoms with E-state index in [0.29, 0.717) is 12.5 Å². The lowest BCUT2D eigenvalue weighted by Crippen LogP contribution is -1.95. The highest BCUT2D eigenvalue weighted by molar-refractivity contribution is 5.26. The highest BCUT2D eigenvalue weighted by atomic mass is 16.5. The van der Waals surface area contributed by atoms with Gasteiger partial charge in [-0.3, -0.25) is 0 Å².